The number of piperazine rings is 1. The van der Waals surface area contributed by atoms with Crippen molar-refractivity contribution in [3.05, 3.63) is 35.4 Å². The Morgan fingerprint density at radius 2 is 2.00 bits per heavy atom. The molecule has 2 aliphatic rings. The van der Waals surface area contributed by atoms with E-state index in [1.54, 1.807) is 15.9 Å². The Kier molecular flexibility index (Phi) is 5.56. The van der Waals surface area contributed by atoms with Gasteiger partial charge in [0.25, 0.3) is 5.91 Å². The number of carbonyl (C=O) groups is 3. The van der Waals surface area contributed by atoms with Crippen molar-refractivity contribution in [1.29, 1.82) is 0 Å². The summed E-state index contributed by atoms with van der Waals surface area (Å²) in [6.07, 6.45) is 1.77. The molecule has 3 rings (SSSR count). The second kappa shape index (κ2) is 7.86. The molecule has 0 radical (unpaired) electrons. The van der Waals surface area contributed by atoms with Gasteiger partial charge in [0.15, 0.2) is 0 Å². The van der Waals surface area contributed by atoms with Crippen LogP contribution in [-0.2, 0) is 9.59 Å². The fraction of sp³-hybridized carbons (Fsp3) is 0.526. The zero-order chi connectivity index (χ0) is 18.7. The van der Waals surface area contributed by atoms with Crippen LogP contribution in [0, 0.1) is 12.8 Å². The highest BCUT2D eigenvalue weighted by Gasteiger charge is 2.42. The summed E-state index contributed by atoms with van der Waals surface area (Å²) in [5, 5.41) is 2.76. The molecule has 1 aliphatic heterocycles. The first-order valence-corrected chi connectivity index (χ1v) is 9.15. The molecule has 7 heteroatoms. The summed E-state index contributed by atoms with van der Waals surface area (Å²) in [6, 6.07) is 6.75. The van der Waals surface area contributed by atoms with Crippen LogP contribution in [-0.4, -0.2) is 66.3 Å². The molecule has 3 amide bonds. The molecule has 1 heterocycles. The highest BCUT2D eigenvalue weighted by atomic mass is 16.2. The SMILES string of the molecule is Cc1cccc(C(=O)N2CCN(C(=O)C3CC3)C(C(=O)NCCN)C2)c1. The third-order valence-electron chi connectivity index (χ3n) is 4.89. The number of carbonyl (C=O) groups excluding carboxylic acids is 3. The van der Waals surface area contributed by atoms with Crippen LogP contribution in [0.25, 0.3) is 0 Å². The van der Waals surface area contributed by atoms with Crippen molar-refractivity contribution in [1.82, 2.24) is 15.1 Å². The molecule has 0 bridgehead atoms. The van der Waals surface area contributed by atoms with Crippen LogP contribution in [0.1, 0.15) is 28.8 Å². The topological polar surface area (TPSA) is 95.7 Å². The number of nitrogens with zero attached hydrogens (tertiary/aromatic N) is 2. The van der Waals surface area contributed by atoms with E-state index in [1.165, 1.54) is 0 Å². The first-order chi connectivity index (χ1) is 12.5. The minimum Gasteiger partial charge on any atom is -0.353 e. The number of rotatable bonds is 5. The lowest BCUT2D eigenvalue weighted by Gasteiger charge is -2.40. The van der Waals surface area contributed by atoms with Gasteiger partial charge < -0.3 is 20.9 Å². The minimum atomic E-state index is -0.655. The summed E-state index contributed by atoms with van der Waals surface area (Å²) >= 11 is 0. The van der Waals surface area contributed by atoms with Crippen LogP contribution < -0.4 is 11.1 Å². The maximum absolute atomic E-state index is 12.8. The Balaban J connectivity index is 1.75. The van der Waals surface area contributed by atoms with E-state index in [1.807, 2.05) is 25.1 Å². The summed E-state index contributed by atoms with van der Waals surface area (Å²) < 4.78 is 0. The highest BCUT2D eigenvalue weighted by molar-refractivity contribution is 5.96. The maximum Gasteiger partial charge on any atom is 0.254 e. The fourth-order valence-electron chi connectivity index (χ4n) is 3.29. The Morgan fingerprint density at radius 3 is 2.65 bits per heavy atom. The molecule has 1 atom stereocenters. The fourth-order valence-corrected chi connectivity index (χ4v) is 3.29. The molecular formula is C19H26N4O3. The van der Waals surface area contributed by atoms with Gasteiger partial charge in [0, 0.05) is 37.7 Å². The second-order valence-electron chi connectivity index (χ2n) is 7.02. The number of nitrogens with one attached hydrogen (secondary N) is 1. The van der Waals surface area contributed by atoms with E-state index < -0.39 is 6.04 Å². The third kappa shape index (κ3) is 4.04. The number of aryl methyl sites for hydroxylation is 1. The molecule has 1 aromatic carbocycles. The molecule has 26 heavy (non-hydrogen) atoms. The zero-order valence-electron chi connectivity index (χ0n) is 15.1. The van der Waals surface area contributed by atoms with Crippen LogP contribution in [0.15, 0.2) is 24.3 Å². The van der Waals surface area contributed by atoms with E-state index in [0.29, 0.717) is 31.7 Å². The number of benzene rings is 1. The molecule has 2 fully saturated rings. The number of hydrogen-bond donors (Lipinski definition) is 2. The predicted molar refractivity (Wildman–Crippen MR) is 97.4 cm³/mol. The third-order valence-corrected chi connectivity index (χ3v) is 4.89. The van der Waals surface area contributed by atoms with Crippen molar-refractivity contribution in [3.63, 3.8) is 0 Å². The molecule has 1 aliphatic carbocycles. The van der Waals surface area contributed by atoms with Crippen LogP contribution in [0.2, 0.25) is 0 Å². The monoisotopic (exact) mass is 358 g/mol. The van der Waals surface area contributed by atoms with Gasteiger partial charge in [0.05, 0.1) is 6.54 Å². The average Bonchev–Trinajstić information content (AvgIpc) is 3.49. The first-order valence-electron chi connectivity index (χ1n) is 9.15. The Bertz CT molecular complexity index is 702. The number of amides is 3. The van der Waals surface area contributed by atoms with Gasteiger partial charge in [-0.1, -0.05) is 17.7 Å². The van der Waals surface area contributed by atoms with E-state index in [-0.39, 0.29) is 30.2 Å². The standard InChI is InChI=1S/C19H26N4O3/c1-13-3-2-4-15(11-13)18(25)22-9-10-23(19(26)14-5-6-14)16(12-22)17(24)21-8-7-20/h2-4,11,14,16H,5-10,12,20H2,1H3,(H,21,24). The Labute approximate surface area is 153 Å². The molecule has 1 saturated heterocycles. The highest BCUT2D eigenvalue weighted by Crippen LogP contribution is 2.32. The van der Waals surface area contributed by atoms with Crippen LogP contribution >= 0.6 is 0 Å². The van der Waals surface area contributed by atoms with Crippen molar-refractivity contribution in [2.45, 2.75) is 25.8 Å². The lowest BCUT2D eigenvalue weighted by atomic mass is 10.1. The van der Waals surface area contributed by atoms with Gasteiger partial charge >= 0.3 is 0 Å². The summed E-state index contributed by atoms with van der Waals surface area (Å²) in [6.45, 7) is 3.65. The molecule has 0 aromatic heterocycles. The van der Waals surface area contributed by atoms with Crippen molar-refractivity contribution < 1.29 is 14.4 Å². The molecule has 140 valence electrons. The summed E-state index contributed by atoms with van der Waals surface area (Å²) in [5.41, 5.74) is 7.08. The van der Waals surface area contributed by atoms with Crippen LogP contribution in [0.4, 0.5) is 0 Å². The zero-order valence-corrected chi connectivity index (χ0v) is 15.1. The van der Waals surface area contributed by atoms with Gasteiger partial charge in [0.1, 0.15) is 6.04 Å². The van der Waals surface area contributed by atoms with Crippen LogP contribution in [0.3, 0.4) is 0 Å². The van der Waals surface area contributed by atoms with E-state index >= 15 is 0 Å². The Hall–Kier alpha value is -2.41. The molecule has 3 N–H and O–H groups in total. The number of hydrogen-bond acceptors (Lipinski definition) is 4. The minimum absolute atomic E-state index is 0.0283. The Morgan fingerprint density at radius 1 is 1.23 bits per heavy atom. The quantitative estimate of drug-likeness (QED) is 0.782. The van der Waals surface area contributed by atoms with Gasteiger partial charge in [-0.15, -0.1) is 0 Å². The van der Waals surface area contributed by atoms with Crippen molar-refractivity contribution >= 4 is 17.7 Å². The lowest BCUT2D eigenvalue weighted by Crippen LogP contribution is -2.62. The predicted octanol–water partition coefficient (Wildman–Crippen LogP) is 0.133. The van der Waals surface area contributed by atoms with Gasteiger partial charge in [-0.2, -0.15) is 0 Å². The van der Waals surface area contributed by atoms with Gasteiger partial charge in [-0.25, -0.2) is 0 Å². The van der Waals surface area contributed by atoms with E-state index in [4.69, 9.17) is 5.73 Å². The van der Waals surface area contributed by atoms with Gasteiger partial charge in [0.2, 0.25) is 11.8 Å². The van der Waals surface area contributed by atoms with Crippen molar-refractivity contribution in [3.8, 4) is 0 Å². The van der Waals surface area contributed by atoms with Gasteiger partial charge in [-0.05, 0) is 31.9 Å². The second-order valence-corrected chi connectivity index (χ2v) is 7.02. The molecule has 1 unspecified atom stereocenters. The van der Waals surface area contributed by atoms with Crippen molar-refractivity contribution in [2.75, 3.05) is 32.7 Å². The maximum atomic E-state index is 12.8. The first kappa shape index (κ1) is 18.4. The number of nitrogens with two attached hydrogens (primary N) is 1. The molecule has 7 nitrogen and oxygen atoms in total. The van der Waals surface area contributed by atoms with Crippen LogP contribution in [0.5, 0.6) is 0 Å². The molecular weight excluding hydrogens is 332 g/mol. The van der Waals surface area contributed by atoms with Crippen molar-refractivity contribution in [2.24, 2.45) is 11.7 Å². The summed E-state index contributed by atoms with van der Waals surface area (Å²) in [5.74, 6) is -0.283. The smallest absolute Gasteiger partial charge is 0.254 e. The normalized spacial score (nSPS) is 20.0. The van der Waals surface area contributed by atoms with E-state index in [9.17, 15) is 14.4 Å². The molecule has 0 spiro atoms. The molecule has 1 aromatic rings. The molecule has 1 saturated carbocycles. The summed E-state index contributed by atoms with van der Waals surface area (Å²) in [4.78, 5) is 41.3. The van der Waals surface area contributed by atoms with E-state index in [2.05, 4.69) is 5.32 Å². The lowest BCUT2D eigenvalue weighted by molar-refractivity contribution is -0.144. The summed E-state index contributed by atoms with van der Waals surface area (Å²) in [7, 11) is 0. The van der Waals surface area contributed by atoms with E-state index in [0.717, 1.165) is 18.4 Å². The average molecular weight is 358 g/mol. The largest absolute Gasteiger partial charge is 0.353 e. The van der Waals surface area contributed by atoms with Gasteiger partial charge in [-0.3, -0.25) is 14.4 Å².